The molecule has 1 heterocycles. The van der Waals surface area contributed by atoms with Gasteiger partial charge in [0.1, 0.15) is 5.82 Å². The molecule has 2 aromatic rings. The Balaban J connectivity index is 2.15. The molecule has 88 valence electrons. The zero-order valence-electron chi connectivity index (χ0n) is 8.54. The molecule has 0 radical (unpaired) electrons. The van der Waals surface area contributed by atoms with Gasteiger partial charge in [-0.1, -0.05) is 17.7 Å². The van der Waals surface area contributed by atoms with Crippen molar-refractivity contribution in [2.45, 2.75) is 6.42 Å². The molecule has 0 saturated carbocycles. The Morgan fingerprint density at radius 3 is 2.76 bits per heavy atom. The van der Waals surface area contributed by atoms with Gasteiger partial charge in [0.2, 0.25) is 0 Å². The zero-order chi connectivity index (χ0) is 12.4. The molecule has 1 aromatic carbocycles. The van der Waals surface area contributed by atoms with E-state index in [1.807, 2.05) is 5.38 Å². The molecule has 5 heteroatoms. The van der Waals surface area contributed by atoms with E-state index in [1.165, 1.54) is 23.5 Å². The summed E-state index contributed by atoms with van der Waals surface area (Å²) in [5.74, 6) is -0.522. The Hall–Kier alpha value is -0.710. The third-order valence-corrected chi connectivity index (χ3v) is 4.23. The Bertz CT molecular complexity index is 567. The lowest BCUT2D eigenvalue weighted by molar-refractivity contribution is 0.0997. The number of hydrogen-bond donors (Lipinski definition) is 0. The second-order valence-electron chi connectivity index (χ2n) is 3.48. The summed E-state index contributed by atoms with van der Waals surface area (Å²) in [4.78, 5) is 12.5. The molecular formula is C12H7BrClFOS. The van der Waals surface area contributed by atoms with E-state index in [0.29, 0.717) is 10.4 Å². The van der Waals surface area contributed by atoms with Gasteiger partial charge in [-0.25, -0.2) is 4.39 Å². The van der Waals surface area contributed by atoms with Gasteiger partial charge in [-0.2, -0.15) is 0 Å². The van der Waals surface area contributed by atoms with Crippen molar-refractivity contribution in [3.63, 3.8) is 0 Å². The summed E-state index contributed by atoms with van der Waals surface area (Å²) in [7, 11) is 0. The molecule has 0 amide bonds. The maximum atomic E-state index is 13.2. The number of ketones is 1. The molecule has 2 rings (SSSR count). The molecule has 0 saturated heterocycles. The minimum absolute atomic E-state index is 0.0255. The maximum Gasteiger partial charge on any atom is 0.177 e. The Kier molecular flexibility index (Phi) is 3.97. The summed E-state index contributed by atoms with van der Waals surface area (Å²) in [6.45, 7) is 0. The lowest BCUT2D eigenvalue weighted by Gasteiger charge is -2.00. The number of rotatable bonds is 3. The molecule has 0 aliphatic heterocycles. The van der Waals surface area contributed by atoms with Gasteiger partial charge in [-0.3, -0.25) is 4.79 Å². The fraction of sp³-hybridized carbons (Fsp3) is 0.0833. The summed E-state index contributed by atoms with van der Waals surface area (Å²) in [5.41, 5.74) is 0.626. The van der Waals surface area contributed by atoms with Crippen LogP contribution in [0.2, 0.25) is 5.02 Å². The summed E-state index contributed by atoms with van der Waals surface area (Å²) >= 11 is 10.2. The molecule has 0 atom stereocenters. The molecular weight excluding hydrogens is 327 g/mol. The molecule has 0 spiro atoms. The number of carbonyl (C=O) groups is 1. The van der Waals surface area contributed by atoms with Crippen LogP contribution in [0.5, 0.6) is 0 Å². The quantitative estimate of drug-likeness (QED) is 0.742. The van der Waals surface area contributed by atoms with Gasteiger partial charge >= 0.3 is 0 Å². The molecule has 0 N–H and O–H groups in total. The molecule has 0 aliphatic rings. The van der Waals surface area contributed by atoms with E-state index in [-0.39, 0.29) is 17.2 Å². The molecule has 0 aliphatic carbocycles. The minimum Gasteiger partial charge on any atom is -0.293 e. The molecule has 0 unspecified atom stereocenters. The fourth-order valence-corrected chi connectivity index (χ4v) is 2.87. The first kappa shape index (κ1) is 12.7. The van der Waals surface area contributed by atoms with Crippen LogP contribution in [0.3, 0.4) is 0 Å². The average molecular weight is 334 g/mol. The number of carbonyl (C=O) groups excluding carboxylic acids is 1. The Morgan fingerprint density at radius 2 is 2.18 bits per heavy atom. The van der Waals surface area contributed by atoms with E-state index < -0.39 is 5.82 Å². The van der Waals surface area contributed by atoms with Crippen LogP contribution in [0.15, 0.2) is 34.1 Å². The smallest absolute Gasteiger partial charge is 0.177 e. The van der Waals surface area contributed by atoms with Crippen molar-refractivity contribution < 1.29 is 9.18 Å². The lowest BCUT2D eigenvalue weighted by Crippen LogP contribution is -2.01. The van der Waals surface area contributed by atoms with Crippen molar-refractivity contribution in [2.75, 3.05) is 0 Å². The van der Waals surface area contributed by atoms with Gasteiger partial charge in [0.05, 0.1) is 9.90 Å². The Labute approximate surface area is 115 Å². The van der Waals surface area contributed by atoms with Crippen molar-refractivity contribution in [2.24, 2.45) is 0 Å². The van der Waals surface area contributed by atoms with Gasteiger partial charge in [0, 0.05) is 16.3 Å². The number of Topliss-reactive ketones (excluding diaryl/α,β-unsaturated/α-hetero) is 1. The van der Waals surface area contributed by atoms with Gasteiger partial charge < -0.3 is 0 Å². The van der Waals surface area contributed by atoms with Crippen LogP contribution in [0.4, 0.5) is 4.39 Å². The first-order valence-electron chi connectivity index (χ1n) is 4.77. The van der Waals surface area contributed by atoms with Crippen LogP contribution in [-0.4, -0.2) is 5.78 Å². The molecule has 17 heavy (non-hydrogen) atoms. The summed E-state index contributed by atoms with van der Waals surface area (Å²) in [6.07, 6.45) is 0.182. The second kappa shape index (κ2) is 5.29. The minimum atomic E-state index is -0.496. The first-order chi connectivity index (χ1) is 8.06. The van der Waals surface area contributed by atoms with Crippen molar-refractivity contribution in [1.82, 2.24) is 0 Å². The van der Waals surface area contributed by atoms with E-state index in [1.54, 1.807) is 12.1 Å². The van der Waals surface area contributed by atoms with Gasteiger partial charge in [-0.15, -0.1) is 11.3 Å². The number of halogens is 3. The monoisotopic (exact) mass is 332 g/mol. The largest absolute Gasteiger partial charge is 0.293 e. The molecule has 0 bridgehead atoms. The van der Waals surface area contributed by atoms with Crippen molar-refractivity contribution in [3.8, 4) is 0 Å². The molecule has 0 fully saturated rings. The summed E-state index contributed by atoms with van der Waals surface area (Å²) in [5, 5.41) is 1.91. The fourth-order valence-electron chi connectivity index (χ4n) is 1.38. The highest BCUT2D eigenvalue weighted by atomic mass is 79.9. The third kappa shape index (κ3) is 3.15. The van der Waals surface area contributed by atoms with E-state index in [2.05, 4.69) is 15.9 Å². The van der Waals surface area contributed by atoms with Crippen molar-refractivity contribution in [1.29, 1.82) is 0 Å². The summed E-state index contributed by atoms with van der Waals surface area (Å²) in [6, 6.07) is 6.18. The number of hydrogen-bond acceptors (Lipinski definition) is 2. The van der Waals surface area contributed by atoms with Crippen molar-refractivity contribution >= 4 is 44.7 Å². The summed E-state index contributed by atoms with van der Waals surface area (Å²) < 4.78 is 14.1. The SMILES string of the molecule is O=C(Cc1ccc(Cl)c(F)c1)c1cc(Br)cs1. The lowest BCUT2D eigenvalue weighted by atomic mass is 10.1. The topological polar surface area (TPSA) is 17.1 Å². The zero-order valence-corrected chi connectivity index (χ0v) is 11.7. The van der Waals surface area contributed by atoms with Crippen LogP contribution in [0.1, 0.15) is 15.2 Å². The highest BCUT2D eigenvalue weighted by Gasteiger charge is 2.10. The average Bonchev–Trinajstić information content (AvgIpc) is 2.70. The third-order valence-electron chi connectivity index (χ3n) is 2.19. The standard InChI is InChI=1S/C12H7BrClFOS/c13-8-5-12(17-6-8)11(16)4-7-1-2-9(14)10(15)3-7/h1-3,5-6H,4H2. The van der Waals surface area contributed by atoms with E-state index in [0.717, 1.165) is 4.47 Å². The van der Waals surface area contributed by atoms with Crippen LogP contribution >= 0.6 is 38.9 Å². The Morgan fingerprint density at radius 1 is 1.41 bits per heavy atom. The number of benzene rings is 1. The highest BCUT2D eigenvalue weighted by Crippen LogP contribution is 2.22. The maximum absolute atomic E-state index is 13.2. The molecule has 1 nitrogen and oxygen atoms in total. The predicted molar refractivity (Wildman–Crippen MR) is 71.5 cm³/mol. The van der Waals surface area contributed by atoms with E-state index in [4.69, 9.17) is 11.6 Å². The van der Waals surface area contributed by atoms with E-state index >= 15 is 0 Å². The first-order valence-corrected chi connectivity index (χ1v) is 6.82. The van der Waals surface area contributed by atoms with Crippen molar-refractivity contribution in [3.05, 3.63) is 55.4 Å². The molecule has 1 aromatic heterocycles. The van der Waals surface area contributed by atoms with Crippen LogP contribution < -0.4 is 0 Å². The van der Waals surface area contributed by atoms with E-state index in [9.17, 15) is 9.18 Å². The van der Waals surface area contributed by atoms with Gasteiger partial charge in [0.15, 0.2) is 5.78 Å². The predicted octanol–water partition coefficient (Wildman–Crippen LogP) is 4.73. The van der Waals surface area contributed by atoms with Gasteiger partial charge in [-0.05, 0) is 39.7 Å². The number of thiophene rings is 1. The highest BCUT2D eigenvalue weighted by molar-refractivity contribution is 9.10. The second-order valence-corrected chi connectivity index (χ2v) is 5.71. The van der Waals surface area contributed by atoms with Crippen LogP contribution in [0, 0.1) is 5.82 Å². The van der Waals surface area contributed by atoms with Crippen LogP contribution in [0.25, 0.3) is 0 Å². The van der Waals surface area contributed by atoms with Gasteiger partial charge in [0.25, 0.3) is 0 Å². The van der Waals surface area contributed by atoms with Crippen LogP contribution in [-0.2, 0) is 6.42 Å². The normalized spacial score (nSPS) is 10.5.